The van der Waals surface area contributed by atoms with Gasteiger partial charge in [0.1, 0.15) is 38.9 Å². The highest BCUT2D eigenvalue weighted by molar-refractivity contribution is 6.44. The predicted octanol–water partition coefficient (Wildman–Crippen LogP) is 17.0. The zero-order valence-electron chi connectivity index (χ0n) is 53.9. The third kappa shape index (κ3) is 17.3. The summed E-state index contributed by atoms with van der Waals surface area (Å²) in [5.74, 6) is -1.43. The fourth-order valence-electron chi connectivity index (χ4n) is 9.64. The number of nitro groups is 2. The second-order valence-corrected chi connectivity index (χ2v) is 26.9. The summed E-state index contributed by atoms with van der Waals surface area (Å²) in [6.45, 7) is 13.4. The van der Waals surface area contributed by atoms with Crippen LogP contribution < -0.4 is 33.2 Å². The number of nitrogens with zero attached hydrogens (tertiary/aromatic N) is 7. The second kappa shape index (κ2) is 31.4. The van der Waals surface area contributed by atoms with Gasteiger partial charge in [-0.2, -0.15) is 25.2 Å². The minimum atomic E-state index is -1.20. The maximum absolute atomic E-state index is 12.3. The number of H-pyrrole nitrogens is 6. The van der Waals surface area contributed by atoms with Crippen LogP contribution in [0, 0.1) is 42.4 Å². The van der Waals surface area contributed by atoms with Gasteiger partial charge in [-0.15, -0.1) is 0 Å². The number of hydrogen-bond donors (Lipinski definition) is 10. The summed E-state index contributed by atoms with van der Waals surface area (Å²) >= 11 is 47.5. The molecule has 12 N–H and O–H groups in total. The van der Waals surface area contributed by atoms with Crippen LogP contribution in [0.2, 0.25) is 40.3 Å². The molecule has 0 saturated carbocycles. The molecule has 0 aliphatic heterocycles. The molecule has 520 valence electrons. The van der Waals surface area contributed by atoms with Gasteiger partial charge >= 0.3 is 0 Å². The molecule has 0 saturated heterocycles. The highest BCUT2D eigenvalue weighted by Gasteiger charge is 2.29. The fourth-order valence-corrected chi connectivity index (χ4v) is 11.6. The van der Waals surface area contributed by atoms with Gasteiger partial charge in [0.2, 0.25) is 29.7 Å². The molecule has 7 aromatic heterocycles. The average Bonchev–Trinajstić information content (AvgIpc) is 1.64. The highest BCUT2D eigenvalue weighted by atomic mass is 35.5. The minimum Gasteiger partial charge on any atom is -0.385 e. The number of nitro benzene ring substituents is 2. The number of anilines is 4. The number of amides is 2. The Morgan fingerprint density at radius 1 is 0.505 bits per heavy atom. The Morgan fingerprint density at radius 2 is 0.911 bits per heavy atom. The molecule has 0 fully saturated rings. The van der Waals surface area contributed by atoms with Gasteiger partial charge in [0, 0.05) is 66.6 Å². The number of rotatable bonds is 7. The van der Waals surface area contributed by atoms with E-state index in [0.29, 0.717) is 80.7 Å². The number of carbonyl (C=O) groups is 4. The normalized spacial score (nSPS) is 11.4. The molecule has 7 heterocycles. The van der Waals surface area contributed by atoms with E-state index in [9.17, 15) is 49.0 Å². The number of aromatic amines is 6. The quantitative estimate of drug-likeness (QED) is 0.0307. The summed E-state index contributed by atoms with van der Waals surface area (Å²) in [4.78, 5) is 124. The van der Waals surface area contributed by atoms with E-state index < -0.39 is 32.4 Å². The number of nitrogen functional groups attached to an aromatic ring is 2. The van der Waals surface area contributed by atoms with E-state index in [1.54, 1.807) is 63.2 Å². The zero-order valence-corrected chi connectivity index (χ0v) is 59.9. The monoisotopic (exact) mass is 1530 g/mol. The van der Waals surface area contributed by atoms with Crippen molar-refractivity contribution in [3.05, 3.63) is 202 Å². The van der Waals surface area contributed by atoms with E-state index in [1.165, 1.54) is 50.2 Å². The van der Waals surface area contributed by atoms with Crippen LogP contribution in [-0.4, -0.2) is 83.1 Å². The molecular formula is C66H55Cl8N17O10. The zero-order chi connectivity index (χ0) is 74.4. The fraction of sp³-hybridized carbons (Fsp3) is 0.167. The number of ketones is 2. The van der Waals surface area contributed by atoms with Crippen molar-refractivity contribution in [3.8, 4) is 6.07 Å². The van der Waals surface area contributed by atoms with E-state index in [2.05, 4.69) is 60.5 Å². The number of Topliss-reactive ketones (excluding diaryl/α,β-unsaturated/α-hetero) is 2. The van der Waals surface area contributed by atoms with E-state index in [-0.39, 0.29) is 83.7 Å². The molecule has 13 aromatic rings. The third-order valence-corrected chi connectivity index (χ3v) is 17.1. The molecule has 13 rings (SSSR count). The third-order valence-electron chi connectivity index (χ3n) is 14.4. The molecule has 0 aliphatic carbocycles. The first kappa shape index (κ1) is 76.3. The predicted molar refractivity (Wildman–Crippen MR) is 398 cm³/mol. The molecule has 35 heteroatoms. The molecule has 0 bridgehead atoms. The van der Waals surface area contributed by atoms with Crippen molar-refractivity contribution in [2.75, 3.05) is 22.1 Å². The standard InChI is InChI=1S/C15H14Cl2N4O.C15H15ClN4O2.C10H7ClN4O.C10H7ClN2O3.C10H9ClN2O.C6H3Cl2NO2/c1-15(2,3)13(22)21-14-19-11(17)10-9-7(16)5-4-6-8(9)18-12(10)20-14;1-15(2,3)13(22)20-14-18-11-10(12(21)19-14)9-7(16)5-4-6-8(9)17-11;11-4-2-1-3-5-6(4)7-8(13-5)14-10(12)15-9(7)16;1-6(14)7(5-12)10-8(11)3-2-4-9(10)13(15)16;1-5(14)8-9-6(11)3-2-4-7(9)13-10(8)12;7-4-2-1-3-5(6(4)8)9(10)11/h4-6H,1-3H3,(H2,18,19,20,21,22);4-6H,1-3H3,(H3,17,18,19,20,21,22);1-3H,(H4,12,13,14,15,16);2-4,7H,1H3;2-4,13H,12H2,1H3;1-3H. The number of aromatic nitrogens is 10. The second-order valence-electron chi connectivity index (χ2n) is 23.7. The van der Waals surface area contributed by atoms with Crippen molar-refractivity contribution in [2.24, 2.45) is 10.8 Å². The van der Waals surface area contributed by atoms with Gasteiger partial charge in [-0.25, -0.2) is 0 Å². The Kier molecular flexibility index (Phi) is 23.8. The maximum atomic E-state index is 12.3. The molecular weight excluding hydrogens is 1470 g/mol. The van der Waals surface area contributed by atoms with Crippen molar-refractivity contribution < 1.29 is 29.0 Å². The van der Waals surface area contributed by atoms with Crippen LogP contribution in [0.1, 0.15) is 77.2 Å². The van der Waals surface area contributed by atoms with Gasteiger partial charge in [-0.05, 0) is 74.5 Å². The lowest BCUT2D eigenvalue weighted by molar-refractivity contribution is -0.385. The van der Waals surface area contributed by atoms with Gasteiger partial charge in [-0.3, -0.25) is 69.6 Å². The summed E-state index contributed by atoms with van der Waals surface area (Å²) in [6, 6.07) is 31.6. The first-order valence-corrected chi connectivity index (χ1v) is 32.4. The number of nitriles is 1. The van der Waals surface area contributed by atoms with Crippen LogP contribution in [0.25, 0.3) is 76.7 Å². The maximum Gasteiger partial charge on any atom is 0.289 e. The van der Waals surface area contributed by atoms with Crippen molar-refractivity contribution in [1.82, 2.24) is 49.8 Å². The topological polar surface area (TPSA) is 435 Å². The number of hydrogen-bond acceptors (Lipinski definition) is 17. The number of fused-ring (bicyclic) bond motifs is 10. The SMILES string of the molecule is CC(=O)C(C#N)c1c(Cl)cccc1[N+](=O)[O-].CC(=O)c1c(N)[nH]c2cccc(Cl)c12.CC(C)(C)C(=O)Nc1nc(Cl)c2c(n1)[nH]c1cccc(Cl)c12.CC(C)(C)C(=O)Nc1nc2[nH]c3cccc(Cl)c3c2c(=O)[nH]1.Nc1nc2[nH]c3cccc(Cl)c3c2c(=O)[nH]1.O=[N+]([O-])c1cccc(Cl)c1Cl. The molecule has 1 atom stereocenters. The Labute approximate surface area is 609 Å². The van der Waals surface area contributed by atoms with Crippen LogP contribution in [0.5, 0.6) is 0 Å². The van der Waals surface area contributed by atoms with Crippen LogP contribution in [-0.2, 0) is 14.4 Å². The number of nitrogens with two attached hydrogens (primary N) is 2. The Bertz CT molecular complexity index is 5650. The van der Waals surface area contributed by atoms with E-state index in [1.807, 2.05) is 57.2 Å². The van der Waals surface area contributed by atoms with Crippen molar-refractivity contribution in [1.29, 1.82) is 5.26 Å². The summed E-state index contributed by atoms with van der Waals surface area (Å²) in [7, 11) is 0. The van der Waals surface area contributed by atoms with E-state index >= 15 is 0 Å². The first-order valence-electron chi connectivity index (χ1n) is 29.3. The molecule has 1 unspecified atom stereocenters. The number of halogens is 8. The minimum absolute atomic E-state index is 0.0147. The van der Waals surface area contributed by atoms with Crippen molar-refractivity contribution >= 4 is 228 Å². The lowest BCUT2D eigenvalue weighted by Gasteiger charge is -2.16. The van der Waals surface area contributed by atoms with Gasteiger partial charge in [0.15, 0.2) is 11.6 Å². The molecule has 101 heavy (non-hydrogen) atoms. The number of nitrogens with one attached hydrogen (secondary N) is 8. The van der Waals surface area contributed by atoms with Crippen molar-refractivity contribution in [3.63, 3.8) is 0 Å². The summed E-state index contributed by atoms with van der Waals surface area (Å²) in [5, 5.41) is 41.9. The van der Waals surface area contributed by atoms with E-state index in [4.69, 9.17) is 110 Å². The Balaban J connectivity index is 0.000000156. The summed E-state index contributed by atoms with van der Waals surface area (Å²) < 4.78 is 0. The first-order chi connectivity index (χ1) is 47.4. The summed E-state index contributed by atoms with van der Waals surface area (Å²) in [6.07, 6.45) is 0. The van der Waals surface area contributed by atoms with Crippen molar-refractivity contribution in [2.45, 2.75) is 61.3 Å². The largest absolute Gasteiger partial charge is 0.385 e. The molecule has 0 radical (unpaired) electrons. The van der Waals surface area contributed by atoms with Gasteiger partial charge in [-0.1, -0.05) is 171 Å². The summed E-state index contributed by atoms with van der Waals surface area (Å²) in [5.41, 5.74) is 13.8. The van der Waals surface area contributed by atoms with Crippen LogP contribution in [0.15, 0.2) is 119 Å². The van der Waals surface area contributed by atoms with E-state index in [0.717, 1.165) is 27.5 Å². The Hall–Kier alpha value is -10.4. The lowest BCUT2D eigenvalue weighted by Crippen LogP contribution is -2.29. The van der Waals surface area contributed by atoms with Gasteiger partial charge in [0.25, 0.3) is 22.5 Å². The average molecular weight is 1530 g/mol. The molecule has 6 aromatic carbocycles. The number of benzene rings is 6. The smallest absolute Gasteiger partial charge is 0.289 e. The lowest BCUT2D eigenvalue weighted by atomic mass is 9.95. The molecule has 0 aliphatic rings. The van der Waals surface area contributed by atoms with Gasteiger partial charge < -0.3 is 31.4 Å². The molecule has 2 amide bonds. The Morgan fingerprint density at radius 3 is 1.37 bits per heavy atom. The van der Waals surface area contributed by atoms with Crippen LogP contribution in [0.3, 0.4) is 0 Å². The molecule has 27 nitrogen and oxygen atoms in total. The number of carbonyl (C=O) groups excluding carboxylic acids is 4. The highest BCUT2D eigenvalue weighted by Crippen LogP contribution is 2.38. The molecule has 0 spiro atoms. The van der Waals surface area contributed by atoms with Crippen LogP contribution >= 0.6 is 92.8 Å². The van der Waals surface area contributed by atoms with Crippen LogP contribution in [0.4, 0.5) is 35.0 Å². The van der Waals surface area contributed by atoms with Gasteiger partial charge in [0.05, 0.1) is 73.3 Å².